The van der Waals surface area contributed by atoms with Gasteiger partial charge in [0.15, 0.2) is 5.13 Å². The number of nitrogens with one attached hydrogen (secondary N) is 1. The van der Waals surface area contributed by atoms with E-state index in [1.165, 1.54) is 39.9 Å². The van der Waals surface area contributed by atoms with Gasteiger partial charge in [0.1, 0.15) is 11.3 Å². The molecule has 1 fully saturated rings. The zero-order valence-electron chi connectivity index (χ0n) is 18.9. The number of amides is 1. The summed E-state index contributed by atoms with van der Waals surface area (Å²) in [4.78, 5) is 17.7. The van der Waals surface area contributed by atoms with E-state index in [0.717, 1.165) is 15.8 Å². The molecule has 2 heterocycles. The van der Waals surface area contributed by atoms with Crippen molar-refractivity contribution in [1.29, 1.82) is 0 Å². The molecule has 0 bridgehead atoms. The summed E-state index contributed by atoms with van der Waals surface area (Å²) in [6.07, 6.45) is 0. The number of sulfonamides is 1. The third-order valence-electron chi connectivity index (χ3n) is 5.76. The van der Waals surface area contributed by atoms with Crippen molar-refractivity contribution in [2.75, 3.05) is 38.7 Å². The van der Waals surface area contributed by atoms with E-state index in [-0.39, 0.29) is 10.8 Å². The van der Waals surface area contributed by atoms with E-state index in [0.29, 0.717) is 48.3 Å². The van der Waals surface area contributed by atoms with Crippen LogP contribution in [-0.4, -0.2) is 57.0 Å². The van der Waals surface area contributed by atoms with Crippen molar-refractivity contribution in [2.24, 2.45) is 0 Å². The van der Waals surface area contributed by atoms with Crippen LogP contribution in [0.4, 0.5) is 5.13 Å². The Kier molecular flexibility index (Phi) is 6.52. The summed E-state index contributed by atoms with van der Waals surface area (Å²) in [6.45, 7) is 1.38. The van der Waals surface area contributed by atoms with Crippen molar-refractivity contribution in [3.8, 4) is 16.9 Å². The van der Waals surface area contributed by atoms with E-state index in [4.69, 9.17) is 9.47 Å². The highest BCUT2D eigenvalue weighted by molar-refractivity contribution is 7.89. The number of benzene rings is 3. The molecule has 5 rings (SSSR count). The number of methoxy groups -OCH3 is 1. The average molecular weight is 510 g/mol. The zero-order valence-corrected chi connectivity index (χ0v) is 20.6. The highest BCUT2D eigenvalue weighted by atomic mass is 32.2. The minimum Gasteiger partial charge on any atom is -0.494 e. The smallest absolute Gasteiger partial charge is 0.257 e. The molecule has 0 saturated carbocycles. The number of thiazole rings is 1. The second kappa shape index (κ2) is 9.74. The van der Waals surface area contributed by atoms with Crippen LogP contribution >= 0.6 is 11.3 Å². The molecule has 35 heavy (non-hydrogen) atoms. The van der Waals surface area contributed by atoms with Crippen LogP contribution in [0.2, 0.25) is 0 Å². The van der Waals surface area contributed by atoms with Gasteiger partial charge in [-0.2, -0.15) is 4.31 Å². The number of nitrogens with zero attached hydrogens (tertiary/aromatic N) is 2. The highest BCUT2D eigenvalue weighted by Crippen LogP contribution is 2.39. The van der Waals surface area contributed by atoms with Gasteiger partial charge in [-0.1, -0.05) is 41.7 Å². The number of carbonyl (C=O) groups excluding carboxylic acids is 1. The van der Waals surface area contributed by atoms with Crippen molar-refractivity contribution in [2.45, 2.75) is 4.90 Å². The maximum Gasteiger partial charge on any atom is 0.257 e. The predicted octanol–water partition coefficient (Wildman–Crippen LogP) is 4.25. The number of anilines is 1. The van der Waals surface area contributed by atoms with Crippen molar-refractivity contribution < 1.29 is 22.7 Å². The van der Waals surface area contributed by atoms with Gasteiger partial charge in [0.05, 0.1) is 29.9 Å². The second-order valence-electron chi connectivity index (χ2n) is 7.87. The number of hydrogen-bond acceptors (Lipinski definition) is 7. The van der Waals surface area contributed by atoms with Crippen LogP contribution < -0.4 is 10.1 Å². The number of aromatic nitrogens is 1. The van der Waals surface area contributed by atoms with E-state index in [2.05, 4.69) is 10.3 Å². The Balaban J connectivity index is 1.40. The van der Waals surface area contributed by atoms with Crippen LogP contribution in [-0.2, 0) is 14.8 Å². The summed E-state index contributed by atoms with van der Waals surface area (Å²) in [7, 11) is -2.04. The molecule has 8 nitrogen and oxygen atoms in total. The van der Waals surface area contributed by atoms with Gasteiger partial charge in [0.25, 0.3) is 5.91 Å². The molecule has 3 aromatic carbocycles. The summed E-state index contributed by atoms with van der Waals surface area (Å²) in [5.41, 5.74) is 3.04. The first-order valence-corrected chi connectivity index (χ1v) is 13.3. The van der Waals surface area contributed by atoms with Crippen LogP contribution in [0.3, 0.4) is 0 Å². The molecule has 10 heteroatoms. The number of rotatable bonds is 6. The summed E-state index contributed by atoms with van der Waals surface area (Å²) >= 11 is 1.36. The first-order valence-electron chi connectivity index (χ1n) is 11.0. The molecule has 0 unspecified atom stereocenters. The summed E-state index contributed by atoms with van der Waals surface area (Å²) in [5.74, 6) is 0.244. The van der Waals surface area contributed by atoms with Gasteiger partial charge < -0.3 is 9.47 Å². The molecule has 1 aliphatic heterocycles. The van der Waals surface area contributed by atoms with Gasteiger partial charge in [0.2, 0.25) is 10.0 Å². The van der Waals surface area contributed by atoms with Crippen LogP contribution in [0.1, 0.15) is 10.4 Å². The zero-order chi connectivity index (χ0) is 24.4. The van der Waals surface area contributed by atoms with Crippen molar-refractivity contribution in [3.63, 3.8) is 0 Å². The second-order valence-corrected chi connectivity index (χ2v) is 10.8. The van der Waals surface area contributed by atoms with Gasteiger partial charge in [-0.25, -0.2) is 13.4 Å². The Bertz CT molecular complexity index is 1460. The maximum atomic E-state index is 12.9. The van der Waals surface area contributed by atoms with Crippen LogP contribution in [0, 0.1) is 0 Å². The lowest BCUT2D eigenvalue weighted by molar-refractivity contribution is 0.0730. The first-order chi connectivity index (χ1) is 17.0. The molecule has 0 spiro atoms. The number of morpholine rings is 1. The Hall–Kier alpha value is -3.31. The van der Waals surface area contributed by atoms with E-state index < -0.39 is 10.0 Å². The molecule has 1 aliphatic rings. The molecule has 1 N–H and O–H groups in total. The van der Waals surface area contributed by atoms with Gasteiger partial charge in [-0.15, -0.1) is 0 Å². The van der Waals surface area contributed by atoms with E-state index in [1.807, 2.05) is 42.5 Å². The summed E-state index contributed by atoms with van der Waals surface area (Å²) in [6, 6.07) is 19.7. The van der Waals surface area contributed by atoms with Crippen molar-refractivity contribution in [3.05, 3.63) is 72.3 Å². The standard InChI is InChI=1S/C25H23N3O5S2/c1-32-21-12-11-20(17-5-3-2-4-6-17)23-22(21)26-25(34-23)27-24(29)18-7-9-19(10-8-18)35(30,31)28-13-15-33-16-14-28/h2-12H,13-16H2,1H3,(H,26,27,29). The topological polar surface area (TPSA) is 97.8 Å². The quantitative estimate of drug-likeness (QED) is 0.417. The maximum absolute atomic E-state index is 12.9. The predicted molar refractivity (Wildman–Crippen MR) is 136 cm³/mol. The van der Waals surface area contributed by atoms with Crippen molar-refractivity contribution in [1.82, 2.24) is 9.29 Å². The van der Waals surface area contributed by atoms with Gasteiger partial charge in [-0.05, 0) is 42.0 Å². The number of fused-ring (bicyclic) bond motifs is 1. The molecular weight excluding hydrogens is 486 g/mol. The average Bonchev–Trinajstić information content (AvgIpc) is 3.32. The number of carbonyl (C=O) groups is 1. The lowest BCUT2D eigenvalue weighted by Crippen LogP contribution is -2.40. The monoisotopic (exact) mass is 509 g/mol. The largest absolute Gasteiger partial charge is 0.494 e. The molecule has 1 aromatic heterocycles. The molecule has 4 aromatic rings. The molecule has 180 valence electrons. The number of hydrogen-bond donors (Lipinski definition) is 1. The van der Waals surface area contributed by atoms with Gasteiger partial charge in [0, 0.05) is 24.2 Å². The van der Waals surface area contributed by atoms with Gasteiger partial charge in [-0.3, -0.25) is 10.1 Å². The minimum absolute atomic E-state index is 0.146. The normalized spacial score (nSPS) is 14.7. The molecular formula is C25H23N3O5S2. The summed E-state index contributed by atoms with van der Waals surface area (Å²) in [5, 5.41) is 3.26. The molecule has 0 radical (unpaired) electrons. The SMILES string of the molecule is COc1ccc(-c2ccccc2)c2sc(NC(=O)c3ccc(S(=O)(=O)N4CCOCC4)cc3)nc12. The van der Waals surface area contributed by atoms with Crippen molar-refractivity contribution >= 4 is 42.6 Å². The first kappa shape index (κ1) is 23.4. The Morgan fingerprint density at radius 2 is 1.74 bits per heavy atom. The van der Waals surface area contributed by atoms with Crippen LogP contribution in [0.15, 0.2) is 71.6 Å². The fourth-order valence-electron chi connectivity index (χ4n) is 3.93. The molecule has 1 amide bonds. The third kappa shape index (κ3) is 4.65. The minimum atomic E-state index is -3.62. The third-order valence-corrected chi connectivity index (χ3v) is 8.67. The molecule has 0 atom stereocenters. The lowest BCUT2D eigenvalue weighted by atomic mass is 10.1. The van der Waals surface area contributed by atoms with E-state index in [1.54, 1.807) is 7.11 Å². The van der Waals surface area contributed by atoms with E-state index in [9.17, 15) is 13.2 Å². The van der Waals surface area contributed by atoms with Crippen LogP contribution in [0.5, 0.6) is 5.75 Å². The number of ether oxygens (including phenoxy) is 2. The van der Waals surface area contributed by atoms with Crippen LogP contribution in [0.25, 0.3) is 21.3 Å². The Labute approximate surface area is 207 Å². The van der Waals surface area contributed by atoms with E-state index >= 15 is 0 Å². The summed E-state index contributed by atoms with van der Waals surface area (Å²) < 4.78 is 38.6. The lowest BCUT2D eigenvalue weighted by Gasteiger charge is -2.26. The fourth-order valence-corrected chi connectivity index (χ4v) is 6.35. The molecule has 0 aliphatic carbocycles. The Morgan fingerprint density at radius 3 is 2.43 bits per heavy atom. The fraction of sp³-hybridized carbons (Fsp3) is 0.200. The molecule has 1 saturated heterocycles. The Morgan fingerprint density at radius 1 is 1.03 bits per heavy atom. The highest BCUT2D eigenvalue weighted by Gasteiger charge is 2.26. The van der Waals surface area contributed by atoms with Gasteiger partial charge >= 0.3 is 0 Å².